The maximum atomic E-state index is 12.3. The first-order valence-corrected chi connectivity index (χ1v) is 29.4. The predicted molar refractivity (Wildman–Crippen MR) is 281 cm³/mol. The van der Waals surface area contributed by atoms with E-state index in [0.29, 0.717) is 25.7 Å². The minimum absolute atomic E-state index is 0. The van der Waals surface area contributed by atoms with E-state index in [2.05, 4.69) is 40.9 Å². The normalized spacial score (nSPS) is 12.5. The fraction of sp³-hybridized carbons (Fsp3) is 0.741. The van der Waals surface area contributed by atoms with Crippen LogP contribution in [-0.4, -0.2) is 72.4 Å². The van der Waals surface area contributed by atoms with Gasteiger partial charge in [-0.25, -0.2) is 16.8 Å². The van der Waals surface area contributed by atoms with Crippen LogP contribution in [-0.2, 0) is 44.1 Å². The van der Waals surface area contributed by atoms with E-state index in [9.17, 15) is 45.4 Å². The van der Waals surface area contributed by atoms with Crippen molar-refractivity contribution in [2.45, 2.75) is 256 Å². The maximum absolute atomic E-state index is 12.3. The number of esters is 2. The number of nitrogens with two attached hydrogens (primary N) is 1. The number of rotatable bonds is 42. The molecule has 1 rings (SSSR count). The first-order chi connectivity index (χ1) is 33.3. The van der Waals surface area contributed by atoms with Gasteiger partial charge in [-0.15, -0.1) is 0 Å². The molecule has 1 aromatic rings. The third-order valence-corrected chi connectivity index (χ3v) is 14.1. The number of carbonyl (C=O) groups is 3. The number of benzene rings is 1. The van der Waals surface area contributed by atoms with Crippen molar-refractivity contribution in [3.63, 3.8) is 0 Å². The Balaban J connectivity index is -0.000000342. The van der Waals surface area contributed by atoms with Gasteiger partial charge in [-0.1, -0.05) is 219 Å². The zero-order chi connectivity index (χ0) is 53.1. The van der Waals surface area contributed by atoms with Gasteiger partial charge in [-0.05, 0) is 68.4 Å². The van der Waals surface area contributed by atoms with Crippen LogP contribution in [0.1, 0.15) is 244 Å². The smallest absolute Gasteiger partial charge is 0.862 e. The zero-order valence-electron chi connectivity index (χ0n) is 46.6. The predicted octanol–water partition coefficient (Wildman–Crippen LogP) is 2.99. The summed E-state index contributed by atoms with van der Waals surface area (Å²) in [7, 11) is -10.0. The Morgan fingerprint density at radius 2 is 0.767 bits per heavy atom. The van der Waals surface area contributed by atoms with Crippen LogP contribution in [0.4, 0.5) is 0 Å². The Morgan fingerprint density at radius 1 is 0.521 bits per heavy atom. The molecule has 19 heteroatoms. The molecular weight excluding hydrogens is 1000 g/mol. The average molecular weight is 1100 g/mol. The molecule has 406 valence electrons. The summed E-state index contributed by atoms with van der Waals surface area (Å²) in [6, 6.07) is 8.02. The number of carbonyl (C=O) groups excluding carboxylic acids is 3. The van der Waals surface area contributed by atoms with Crippen LogP contribution in [0.5, 0.6) is 0 Å². The van der Waals surface area contributed by atoms with Gasteiger partial charge in [0.1, 0.15) is 32.4 Å². The van der Waals surface area contributed by atoms with E-state index in [1.807, 2.05) is 36.4 Å². The number of amides is 1. The van der Waals surface area contributed by atoms with Crippen LogP contribution in [0, 0.1) is 5.41 Å². The molecule has 3 N–H and O–H groups in total. The average Bonchev–Trinajstić information content (AvgIpc) is 3.30. The summed E-state index contributed by atoms with van der Waals surface area (Å²) in [5.41, 5.74) is 7.27. The van der Waals surface area contributed by atoms with Crippen molar-refractivity contribution in [2.24, 2.45) is 5.73 Å². The number of primary amides is 1. The van der Waals surface area contributed by atoms with Gasteiger partial charge in [0, 0.05) is 6.42 Å². The van der Waals surface area contributed by atoms with E-state index < -0.39 is 79.5 Å². The van der Waals surface area contributed by atoms with Crippen LogP contribution < -0.4 is 99.5 Å². The van der Waals surface area contributed by atoms with E-state index in [4.69, 9.17) is 20.6 Å². The first kappa shape index (κ1) is 81.2. The molecule has 0 bridgehead atoms. The fourth-order valence-electron chi connectivity index (χ4n) is 7.81. The Bertz CT molecular complexity index is 1660. The largest absolute Gasteiger partial charge is 1.00 e. The van der Waals surface area contributed by atoms with Gasteiger partial charge in [0.05, 0.1) is 6.42 Å². The quantitative estimate of drug-likeness (QED) is 0.0239. The molecule has 0 heterocycles. The third-order valence-electron chi connectivity index (χ3n) is 12.0. The second kappa shape index (κ2) is 53.4. The first-order valence-electron chi connectivity index (χ1n) is 26.5. The minimum atomic E-state index is -5.04. The summed E-state index contributed by atoms with van der Waals surface area (Å²) in [5, 5.41) is 13.7. The Kier molecular flexibility index (Phi) is 59.4. The number of hydrogen-bond donors (Lipinski definition) is 2. The molecule has 0 aliphatic rings. The van der Waals surface area contributed by atoms with E-state index in [-0.39, 0.29) is 88.7 Å². The molecule has 1 amide bonds. The molecule has 0 saturated carbocycles. The molecule has 73 heavy (non-hydrogen) atoms. The second-order valence-corrected chi connectivity index (χ2v) is 21.5. The molecule has 0 spiro atoms. The van der Waals surface area contributed by atoms with Gasteiger partial charge in [0.15, 0.2) is 10.5 Å². The van der Waals surface area contributed by atoms with Crippen LogP contribution in [0.2, 0.25) is 0 Å². The number of ether oxygens (including phenoxy) is 2. The molecule has 0 aromatic heterocycles. The number of unbranched alkanes of at least 4 members (excludes halogenated alkanes) is 22. The van der Waals surface area contributed by atoms with Gasteiger partial charge < -0.3 is 34.8 Å². The van der Waals surface area contributed by atoms with Crippen molar-refractivity contribution >= 4 is 56.1 Å². The van der Waals surface area contributed by atoms with Crippen molar-refractivity contribution in [1.29, 1.82) is 5.41 Å². The van der Waals surface area contributed by atoms with E-state index >= 15 is 0 Å². The SMILES string of the molecule is C=Cc1ccccc1C=C.CCCCCCCCCC(CCCCCCCC)OC(=O)C(CC(=N)[O-])S(=O)(=O)[O-].CCCCCCCCCC(CCCCCCCC)OC(=O)C(CC(N)=O)S(=O)(=O)[O-].[Na+].[Na+].[Na+]. The van der Waals surface area contributed by atoms with E-state index in [1.54, 1.807) is 0 Å². The monoisotopic (exact) mass is 1090 g/mol. The summed E-state index contributed by atoms with van der Waals surface area (Å²) in [6.45, 7) is 16.0. The maximum Gasteiger partial charge on any atom is 1.00 e. The molecule has 0 aliphatic carbocycles. The fourth-order valence-corrected chi connectivity index (χ4v) is 9.11. The molecule has 0 aliphatic heterocycles. The van der Waals surface area contributed by atoms with Gasteiger partial charge in [-0.3, -0.25) is 14.4 Å². The summed E-state index contributed by atoms with van der Waals surface area (Å²) in [5.74, 6) is -4.63. The number of nitrogens with one attached hydrogen (secondary N) is 1. The van der Waals surface area contributed by atoms with Crippen LogP contribution in [0.25, 0.3) is 12.2 Å². The van der Waals surface area contributed by atoms with E-state index in [1.165, 1.54) is 83.5 Å². The molecule has 14 nitrogen and oxygen atoms in total. The third kappa shape index (κ3) is 48.3. The molecule has 0 fully saturated rings. The molecule has 4 unspecified atom stereocenters. The van der Waals surface area contributed by atoms with Crippen molar-refractivity contribution in [3.05, 3.63) is 48.6 Å². The van der Waals surface area contributed by atoms with Crippen LogP contribution in [0.3, 0.4) is 0 Å². The number of hydrogen-bond acceptors (Lipinski definition) is 13. The van der Waals surface area contributed by atoms with Crippen LogP contribution >= 0.6 is 0 Å². The molecule has 4 atom stereocenters. The minimum Gasteiger partial charge on any atom is -0.862 e. The Labute approximate surface area is 510 Å². The summed E-state index contributed by atoms with van der Waals surface area (Å²) in [4.78, 5) is 35.7. The summed E-state index contributed by atoms with van der Waals surface area (Å²) in [6.07, 6.45) is 32.3. The van der Waals surface area contributed by atoms with E-state index in [0.717, 1.165) is 94.6 Å². The van der Waals surface area contributed by atoms with Crippen LogP contribution in [0.15, 0.2) is 37.4 Å². The molecule has 1 aromatic carbocycles. The van der Waals surface area contributed by atoms with Crippen molar-refractivity contribution in [2.75, 3.05) is 0 Å². The second-order valence-electron chi connectivity index (χ2n) is 18.3. The summed E-state index contributed by atoms with van der Waals surface area (Å²) >= 11 is 0. The molecule has 0 saturated heterocycles. The van der Waals surface area contributed by atoms with Crippen molar-refractivity contribution in [3.8, 4) is 0 Å². The van der Waals surface area contributed by atoms with Gasteiger partial charge in [0.2, 0.25) is 5.91 Å². The topological polar surface area (TPSA) is 257 Å². The standard InChI is InChI=1S/2C22H43NO6S.C10H10.3Na/c2*1-3-5-7-9-11-13-15-17-19(16-14-12-10-8-6-4-2)29-22(25)20(18-21(23)24)30(26,27)28;1-3-9-7-5-6-8-10(9)4-2;;;/h2*19-20H,3-18H2,1-2H3,(H2,23,24)(H,26,27,28);3-8H,1-2H2;;;/q;;;3*+1/p-3. The zero-order valence-corrected chi connectivity index (χ0v) is 54.2. The summed E-state index contributed by atoms with van der Waals surface area (Å²) < 4.78 is 78.9. The van der Waals surface area contributed by atoms with Gasteiger partial charge in [-0.2, -0.15) is 0 Å². The van der Waals surface area contributed by atoms with Crippen molar-refractivity contribution < 1.29 is 144 Å². The molecular formula is C54H93N2Na3O12S2. The van der Waals surface area contributed by atoms with Gasteiger partial charge >= 0.3 is 101 Å². The Hall–Kier alpha value is -0.600. The van der Waals surface area contributed by atoms with Gasteiger partial charge in [0.25, 0.3) is 0 Å². The van der Waals surface area contributed by atoms with Crippen molar-refractivity contribution in [1.82, 2.24) is 0 Å². The molecule has 0 radical (unpaired) electrons. The Morgan fingerprint density at radius 3 is 0.986 bits per heavy atom.